The van der Waals surface area contributed by atoms with Gasteiger partial charge in [0, 0.05) is 34.3 Å². The Labute approximate surface area is 223 Å². The van der Waals surface area contributed by atoms with Gasteiger partial charge in [-0.15, -0.1) is 11.3 Å². The van der Waals surface area contributed by atoms with Gasteiger partial charge in [-0.2, -0.15) is 0 Å². The molecule has 1 aliphatic carbocycles. The molecular formula is C28H28F2N2O5S. The van der Waals surface area contributed by atoms with Gasteiger partial charge in [0.25, 0.3) is 5.91 Å². The van der Waals surface area contributed by atoms with Crippen LogP contribution in [0.15, 0.2) is 36.1 Å². The fourth-order valence-electron chi connectivity index (χ4n) is 4.35. The van der Waals surface area contributed by atoms with Crippen LogP contribution in [-0.4, -0.2) is 41.8 Å². The molecule has 0 unspecified atom stereocenters. The van der Waals surface area contributed by atoms with Crippen LogP contribution >= 0.6 is 11.3 Å². The number of thiazole rings is 1. The lowest BCUT2D eigenvalue weighted by Gasteiger charge is -2.19. The van der Waals surface area contributed by atoms with E-state index in [2.05, 4.69) is 21.1 Å². The number of anilines is 1. The monoisotopic (exact) mass is 542 g/mol. The maximum atomic E-state index is 14.6. The maximum absolute atomic E-state index is 14.6. The lowest BCUT2D eigenvalue weighted by Crippen LogP contribution is -2.13. The van der Waals surface area contributed by atoms with Gasteiger partial charge in [0.05, 0.1) is 18.9 Å². The SMILES string of the molecule is COC(=Cc1c(F)cc(C(=O)Nc2nc3c(s2)CCc2c(CCCOC(C)C)cccc2-3)cc1F)C(=O)O. The van der Waals surface area contributed by atoms with Crippen molar-refractivity contribution in [3.63, 3.8) is 0 Å². The molecule has 1 aliphatic rings. The normalized spacial score (nSPS) is 12.7. The van der Waals surface area contributed by atoms with Gasteiger partial charge in [-0.3, -0.25) is 10.1 Å². The number of halogens is 2. The van der Waals surface area contributed by atoms with Crippen LogP contribution in [0.5, 0.6) is 0 Å². The minimum absolute atomic E-state index is 0.203. The molecule has 1 aromatic heterocycles. The van der Waals surface area contributed by atoms with Crippen molar-refractivity contribution in [2.45, 2.75) is 45.6 Å². The molecule has 1 amide bonds. The van der Waals surface area contributed by atoms with Crippen molar-refractivity contribution >= 4 is 34.4 Å². The number of amides is 1. The Morgan fingerprint density at radius 2 is 1.95 bits per heavy atom. The third-order valence-corrected chi connectivity index (χ3v) is 7.17. The first-order valence-corrected chi connectivity index (χ1v) is 13.0. The van der Waals surface area contributed by atoms with E-state index in [9.17, 15) is 18.4 Å². The van der Waals surface area contributed by atoms with Crippen molar-refractivity contribution < 1.29 is 33.0 Å². The van der Waals surface area contributed by atoms with Crippen LogP contribution in [0.2, 0.25) is 0 Å². The second kappa shape index (κ2) is 11.8. The molecule has 0 fully saturated rings. The zero-order valence-corrected chi connectivity index (χ0v) is 22.1. The summed E-state index contributed by atoms with van der Waals surface area (Å²) < 4.78 is 39.4. The lowest BCUT2D eigenvalue weighted by molar-refractivity contribution is -0.135. The molecule has 3 aromatic rings. The Morgan fingerprint density at radius 1 is 1.21 bits per heavy atom. The average Bonchev–Trinajstić information content (AvgIpc) is 3.28. The van der Waals surface area contributed by atoms with Crippen molar-refractivity contribution in [2.24, 2.45) is 0 Å². The molecule has 0 radical (unpaired) electrons. The van der Waals surface area contributed by atoms with Crippen LogP contribution in [0, 0.1) is 11.6 Å². The second-order valence-electron chi connectivity index (χ2n) is 9.08. The highest BCUT2D eigenvalue weighted by molar-refractivity contribution is 7.16. The van der Waals surface area contributed by atoms with E-state index in [1.807, 2.05) is 26.0 Å². The van der Waals surface area contributed by atoms with Crippen molar-refractivity contribution in [2.75, 3.05) is 19.0 Å². The first kappa shape index (κ1) is 27.4. The number of carboxylic acid groups (broad SMARTS) is 1. The summed E-state index contributed by atoms with van der Waals surface area (Å²) in [6, 6.07) is 7.84. The molecule has 0 atom stereocenters. The highest BCUT2D eigenvalue weighted by Gasteiger charge is 2.24. The van der Waals surface area contributed by atoms with Crippen molar-refractivity contribution in [3.8, 4) is 11.3 Å². The molecule has 1 heterocycles. The molecule has 4 rings (SSSR count). The van der Waals surface area contributed by atoms with Crippen LogP contribution < -0.4 is 5.32 Å². The number of methoxy groups -OCH3 is 1. The Morgan fingerprint density at radius 3 is 2.61 bits per heavy atom. The molecule has 38 heavy (non-hydrogen) atoms. The van der Waals surface area contributed by atoms with Crippen LogP contribution in [-0.2, 0) is 33.5 Å². The van der Waals surface area contributed by atoms with Gasteiger partial charge in [0.2, 0.25) is 5.76 Å². The number of nitrogens with zero attached hydrogens (tertiary/aromatic N) is 1. The summed E-state index contributed by atoms with van der Waals surface area (Å²) in [5.41, 5.74) is 3.48. The van der Waals surface area contributed by atoms with Crippen LogP contribution in [0.25, 0.3) is 17.3 Å². The van der Waals surface area contributed by atoms with Crippen molar-refractivity contribution in [3.05, 3.63) is 74.9 Å². The number of aliphatic carboxylic acids is 1. The van der Waals surface area contributed by atoms with Gasteiger partial charge < -0.3 is 14.6 Å². The molecule has 0 saturated carbocycles. The number of hydrogen-bond acceptors (Lipinski definition) is 6. The zero-order chi connectivity index (χ0) is 27.4. The lowest BCUT2D eigenvalue weighted by atomic mass is 9.88. The number of carbonyl (C=O) groups excluding carboxylic acids is 1. The van der Waals surface area contributed by atoms with Gasteiger partial charge in [-0.1, -0.05) is 18.2 Å². The minimum Gasteiger partial charge on any atom is -0.490 e. The van der Waals surface area contributed by atoms with E-state index in [1.54, 1.807) is 0 Å². The summed E-state index contributed by atoms with van der Waals surface area (Å²) >= 11 is 1.34. The predicted octanol–water partition coefficient (Wildman–Crippen LogP) is 5.87. The van der Waals surface area contributed by atoms with E-state index in [4.69, 9.17) is 9.84 Å². The number of hydrogen-bond donors (Lipinski definition) is 2. The summed E-state index contributed by atoms with van der Waals surface area (Å²) in [5.74, 6) is -5.03. The highest BCUT2D eigenvalue weighted by Crippen LogP contribution is 2.39. The third kappa shape index (κ3) is 6.08. The number of nitrogens with one attached hydrogen (secondary N) is 1. The number of benzene rings is 2. The predicted molar refractivity (Wildman–Crippen MR) is 141 cm³/mol. The van der Waals surface area contributed by atoms with Crippen LogP contribution in [0.4, 0.5) is 13.9 Å². The molecule has 0 spiro atoms. The fraction of sp³-hybridized carbons (Fsp3) is 0.321. The van der Waals surface area contributed by atoms with E-state index >= 15 is 0 Å². The van der Waals surface area contributed by atoms with E-state index in [0.717, 1.165) is 67.1 Å². The maximum Gasteiger partial charge on any atom is 0.371 e. The largest absolute Gasteiger partial charge is 0.490 e. The molecular weight excluding hydrogens is 514 g/mol. The summed E-state index contributed by atoms with van der Waals surface area (Å²) in [5, 5.41) is 12.0. The highest BCUT2D eigenvalue weighted by atomic mass is 32.1. The van der Waals surface area contributed by atoms with Crippen molar-refractivity contribution in [1.82, 2.24) is 4.98 Å². The molecule has 0 saturated heterocycles. The Hall–Kier alpha value is -3.63. The van der Waals surface area contributed by atoms with Crippen LogP contribution in [0.1, 0.15) is 52.2 Å². The van der Waals surface area contributed by atoms with Crippen molar-refractivity contribution in [1.29, 1.82) is 0 Å². The fourth-order valence-corrected chi connectivity index (χ4v) is 5.32. The Kier molecular flexibility index (Phi) is 8.53. The van der Waals surface area contributed by atoms with E-state index in [-0.39, 0.29) is 11.7 Å². The first-order chi connectivity index (χ1) is 18.2. The number of fused-ring (bicyclic) bond motifs is 3. The van der Waals surface area contributed by atoms with Gasteiger partial charge in [-0.05, 0) is 62.8 Å². The number of aryl methyl sites for hydroxylation is 2. The Bertz CT molecular complexity index is 1380. The van der Waals surface area contributed by atoms with E-state index in [1.165, 1.54) is 22.5 Å². The van der Waals surface area contributed by atoms with Crippen LogP contribution in [0.3, 0.4) is 0 Å². The molecule has 2 N–H and O–H groups in total. The van der Waals surface area contributed by atoms with Gasteiger partial charge in [0.1, 0.15) is 11.6 Å². The average molecular weight is 543 g/mol. The summed E-state index contributed by atoms with van der Waals surface area (Å²) in [7, 11) is 1.08. The molecule has 7 nitrogen and oxygen atoms in total. The molecule has 200 valence electrons. The van der Waals surface area contributed by atoms with E-state index < -0.39 is 34.8 Å². The van der Waals surface area contributed by atoms with Gasteiger partial charge >= 0.3 is 5.97 Å². The minimum atomic E-state index is -1.48. The van der Waals surface area contributed by atoms with Gasteiger partial charge in [-0.25, -0.2) is 18.6 Å². The quantitative estimate of drug-likeness (QED) is 0.189. The summed E-state index contributed by atoms with van der Waals surface area (Å²) in [6.45, 7) is 4.73. The standard InChI is InChI=1S/C28H28F2N2O5S/c1-15(2)37-11-5-7-16-6-4-8-19-18(16)9-10-24-25(19)31-28(38-24)32-26(33)17-12-21(29)20(22(30)13-17)14-23(36-3)27(34)35/h4,6,8,12-15H,5,7,9-11H2,1-3H3,(H,34,35)(H,31,32,33). The zero-order valence-electron chi connectivity index (χ0n) is 21.3. The molecule has 0 aliphatic heterocycles. The second-order valence-corrected chi connectivity index (χ2v) is 10.2. The summed E-state index contributed by atoms with van der Waals surface area (Å²) in [6.07, 6.45) is 4.40. The Balaban J connectivity index is 1.52. The van der Waals surface area contributed by atoms with E-state index in [0.29, 0.717) is 11.7 Å². The number of carbonyl (C=O) groups is 2. The summed E-state index contributed by atoms with van der Waals surface area (Å²) in [4.78, 5) is 29.6. The molecule has 10 heteroatoms. The molecule has 0 bridgehead atoms. The topological polar surface area (TPSA) is 97.8 Å². The smallest absolute Gasteiger partial charge is 0.371 e. The number of ether oxygens (including phenoxy) is 2. The third-order valence-electron chi connectivity index (χ3n) is 6.14. The first-order valence-electron chi connectivity index (χ1n) is 12.2. The number of rotatable bonds is 10. The number of carboxylic acids is 1. The van der Waals surface area contributed by atoms with Gasteiger partial charge in [0.15, 0.2) is 5.13 Å². The number of aromatic nitrogens is 1. The molecule has 2 aromatic carbocycles.